The Kier molecular flexibility index (Phi) is 8.49. The number of hydrogen-bond acceptors (Lipinski definition) is 3. The lowest BCUT2D eigenvalue weighted by Crippen LogP contribution is -2.55. The molecule has 2 atom stereocenters. The zero-order valence-electron chi connectivity index (χ0n) is 19.8. The van der Waals surface area contributed by atoms with Gasteiger partial charge in [0, 0.05) is 30.7 Å². The van der Waals surface area contributed by atoms with E-state index in [1.807, 2.05) is 17.0 Å². The fourth-order valence-corrected chi connectivity index (χ4v) is 4.51. The lowest BCUT2D eigenvalue weighted by molar-refractivity contribution is -0.138. The van der Waals surface area contributed by atoms with Crippen LogP contribution >= 0.6 is 12.4 Å². The first-order valence-corrected chi connectivity index (χ1v) is 11.7. The molecule has 5 nitrogen and oxygen atoms in total. The second kappa shape index (κ2) is 11.0. The zero-order valence-corrected chi connectivity index (χ0v) is 20.6. The summed E-state index contributed by atoms with van der Waals surface area (Å²) >= 11 is 0. The minimum atomic E-state index is -4.45. The normalized spacial score (nSPS) is 20.0. The molecule has 0 spiro atoms. The topological polar surface area (TPSA) is 61.4 Å². The molecule has 1 heterocycles. The number of carbonyl (C=O) groups is 2. The number of nitrogens with zero attached hydrogens (tertiary/aromatic N) is 1. The van der Waals surface area contributed by atoms with Crippen molar-refractivity contribution in [1.29, 1.82) is 0 Å². The number of amides is 2. The van der Waals surface area contributed by atoms with Crippen LogP contribution in [0.3, 0.4) is 0 Å². The van der Waals surface area contributed by atoms with E-state index in [-0.39, 0.29) is 36.0 Å². The van der Waals surface area contributed by atoms with E-state index in [0.29, 0.717) is 26.1 Å². The van der Waals surface area contributed by atoms with Crippen molar-refractivity contribution in [3.63, 3.8) is 0 Å². The third kappa shape index (κ3) is 6.35. The Morgan fingerprint density at radius 2 is 1.74 bits per heavy atom. The van der Waals surface area contributed by atoms with Gasteiger partial charge in [0.1, 0.15) is 0 Å². The maximum atomic E-state index is 13.7. The molecule has 2 fully saturated rings. The molecule has 2 amide bonds. The second-order valence-electron chi connectivity index (χ2n) is 9.31. The molecule has 2 N–H and O–H groups in total. The Labute approximate surface area is 209 Å². The molecule has 0 radical (unpaired) electrons. The molecule has 1 saturated carbocycles. The van der Waals surface area contributed by atoms with Gasteiger partial charge in [0.05, 0.1) is 11.5 Å². The van der Waals surface area contributed by atoms with Crippen LogP contribution < -0.4 is 10.6 Å². The summed E-state index contributed by atoms with van der Waals surface area (Å²) in [6.07, 6.45) is -1.94. The Morgan fingerprint density at radius 1 is 1.06 bits per heavy atom. The first kappa shape index (κ1) is 27.0. The van der Waals surface area contributed by atoms with Gasteiger partial charge in [-0.25, -0.2) is 0 Å². The molecule has 2 aromatic rings. The molecule has 0 aromatic heterocycles. The predicted molar refractivity (Wildman–Crippen MR) is 130 cm³/mol. The van der Waals surface area contributed by atoms with Crippen molar-refractivity contribution in [2.24, 2.45) is 5.92 Å². The Balaban J connectivity index is 0.00000342. The lowest BCUT2D eigenvalue weighted by Gasteiger charge is -2.36. The molecule has 0 bridgehead atoms. The number of carbonyl (C=O) groups excluding carboxylic acids is 2. The Bertz CT molecular complexity index is 1050. The Morgan fingerprint density at radius 3 is 2.37 bits per heavy atom. The van der Waals surface area contributed by atoms with Gasteiger partial charge in [-0.15, -0.1) is 12.4 Å². The van der Waals surface area contributed by atoms with E-state index in [4.69, 9.17) is 0 Å². The van der Waals surface area contributed by atoms with Crippen LogP contribution in [0.15, 0.2) is 42.5 Å². The number of hydrogen-bond donors (Lipinski definition) is 2. The number of rotatable bonds is 6. The number of alkyl halides is 3. The van der Waals surface area contributed by atoms with Crippen LogP contribution in [0, 0.1) is 19.8 Å². The van der Waals surface area contributed by atoms with Gasteiger partial charge in [0.15, 0.2) is 0 Å². The molecule has 1 saturated heterocycles. The molecule has 2 unspecified atom stereocenters. The van der Waals surface area contributed by atoms with Gasteiger partial charge >= 0.3 is 6.18 Å². The summed E-state index contributed by atoms with van der Waals surface area (Å²) in [7, 11) is 0. The predicted octanol–water partition coefficient (Wildman–Crippen LogP) is 4.64. The van der Waals surface area contributed by atoms with Crippen molar-refractivity contribution in [2.45, 2.75) is 57.9 Å². The molecular weight excluding hydrogens is 479 g/mol. The molecule has 2 aromatic carbocycles. The maximum Gasteiger partial charge on any atom is 0.416 e. The zero-order chi connectivity index (χ0) is 24.5. The second-order valence-corrected chi connectivity index (χ2v) is 9.31. The third-order valence-corrected chi connectivity index (χ3v) is 6.92. The quantitative estimate of drug-likeness (QED) is 0.596. The number of halogens is 4. The van der Waals surface area contributed by atoms with Gasteiger partial charge in [-0.2, -0.15) is 13.2 Å². The summed E-state index contributed by atoms with van der Waals surface area (Å²) in [5.74, 6) is -0.892. The number of benzene rings is 2. The summed E-state index contributed by atoms with van der Waals surface area (Å²) in [5, 5.41) is 6.17. The highest BCUT2D eigenvalue weighted by atomic mass is 35.5. The SMILES string of the molecule is Cc1cccc(CN(C(=O)C2CNCCC2NC(=O)c2ccc(C(F)(F)F)cc2)C2CC2)c1C.Cl. The first-order valence-electron chi connectivity index (χ1n) is 11.7. The standard InChI is InChI=1S/C26H30F3N3O2.ClH/c1-16-4-3-5-19(17(16)2)15-32(21-10-11-21)25(34)22-14-30-13-12-23(22)31-24(33)18-6-8-20(9-7-18)26(27,28)29;/h3-9,21-23,30H,10-15H2,1-2H3,(H,31,33);1H. The van der Waals surface area contributed by atoms with Crippen molar-refractivity contribution in [2.75, 3.05) is 13.1 Å². The largest absolute Gasteiger partial charge is 0.416 e. The van der Waals surface area contributed by atoms with Crippen LogP contribution in [-0.4, -0.2) is 41.9 Å². The number of piperidine rings is 1. The van der Waals surface area contributed by atoms with Crippen molar-refractivity contribution < 1.29 is 22.8 Å². The fourth-order valence-electron chi connectivity index (χ4n) is 4.51. The smallest absolute Gasteiger partial charge is 0.348 e. The molecule has 1 aliphatic carbocycles. The monoisotopic (exact) mass is 509 g/mol. The molecule has 9 heteroatoms. The van der Waals surface area contributed by atoms with E-state index < -0.39 is 23.6 Å². The van der Waals surface area contributed by atoms with Gasteiger partial charge in [-0.3, -0.25) is 9.59 Å². The van der Waals surface area contributed by atoms with Gasteiger partial charge in [0.25, 0.3) is 5.91 Å². The summed E-state index contributed by atoms with van der Waals surface area (Å²) in [4.78, 5) is 28.4. The van der Waals surface area contributed by atoms with E-state index >= 15 is 0 Å². The molecule has 35 heavy (non-hydrogen) atoms. The summed E-state index contributed by atoms with van der Waals surface area (Å²) in [6, 6.07) is 10.1. The average Bonchev–Trinajstić information content (AvgIpc) is 3.65. The van der Waals surface area contributed by atoms with Crippen molar-refractivity contribution in [3.05, 3.63) is 70.3 Å². The van der Waals surface area contributed by atoms with Gasteiger partial charge < -0.3 is 15.5 Å². The number of nitrogens with one attached hydrogen (secondary N) is 2. The number of aryl methyl sites for hydroxylation is 1. The summed E-state index contributed by atoms with van der Waals surface area (Å²) < 4.78 is 38.5. The highest BCUT2D eigenvalue weighted by Crippen LogP contribution is 2.32. The van der Waals surface area contributed by atoms with Crippen LogP contribution in [0.25, 0.3) is 0 Å². The third-order valence-electron chi connectivity index (χ3n) is 6.92. The first-order chi connectivity index (χ1) is 16.1. The van der Waals surface area contributed by atoms with Gasteiger partial charge in [-0.1, -0.05) is 18.2 Å². The fraction of sp³-hybridized carbons (Fsp3) is 0.462. The lowest BCUT2D eigenvalue weighted by atomic mass is 9.91. The van der Waals surface area contributed by atoms with Crippen molar-refractivity contribution in [1.82, 2.24) is 15.5 Å². The Hall–Kier alpha value is -2.58. The summed E-state index contributed by atoms with van der Waals surface area (Å²) in [5.41, 5.74) is 2.82. The van der Waals surface area contributed by atoms with Crippen LogP contribution in [0.4, 0.5) is 13.2 Å². The van der Waals surface area contributed by atoms with Crippen LogP contribution in [0.1, 0.15) is 51.9 Å². The summed E-state index contributed by atoms with van der Waals surface area (Å²) in [6.45, 7) is 5.76. The minimum absolute atomic E-state index is 0. The maximum absolute atomic E-state index is 13.7. The van der Waals surface area contributed by atoms with E-state index in [1.165, 1.54) is 23.3 Å². The van der Waals surface area contributed by atoms with E-state index in [1.54, 1.807) is 0 Å². The highest BCUT2D eigenvalue weighted by Gasteiger charge is 2.40. The van der Waals surface area contributed by atoms with Crippen molar-refractivity contribution >= 4 is 24.2 Å². The average molecular weight is 510 g/mol. The highest BCUT2D eigenvalue weighted by molar-refractivity contribution is 5.95. The van der Waals surface area contributed by atoms with Crippen LogP contribution in [-0.2, 0) is 17.5 Å². The van der Waals surface area contributed by atoms with E-state index in [9.17, 15) is 22.8 Å². The van der Waals surface area contributed by atoms with Crippen LogP contribution in [0.5, 0.6) is 0 Å². The molecule has 190 valence electrons. The van der Waals surface area contributed by atoms with Crippen LogP contribution in [0.2, 0.25) is 0 Å². The van der Waals surface area contributed by atoms with Gasteiger partial charge in [0.2, 0.25) is 5.91 Å². The molecule has 1 aliphatic heterocycles. The minimum Gasteiger partial charge on any atom is -0.348 e. The van der Waals surface area contributed by atoms with Crippen molar-refractivity contribution in [3.8, 4) is 0 Å². The molecule has 4 rings (SSSR count). The van der Waals surface area contributed by atoms with Gasteiger partial charge in [-0.05, 0) is 80.6 Å². The molecule has 2 aliphatic rings. The molecular formula is C26H31ClF3N3O2. The van der Waals surface area contributed by atoms with E-state index in [0.717, 1.165) is 30.5 Å². The van der Waals surface area contributed by atoms with E-state index in [2.05, 4.69) is 30.5 Å².